The predicted octanol–water partition coefficient (Wildman–Crippen LogP) is 6.18. The number of aryl methyl sites for hydroxylation is 1. The van der Waals surface area contributed by atoms with Crippen LogP contribution in [-0.2, 0) is 11.2 Å². The highest BCUT2D eigenvalue weighted by Crippen LogP contribution is 2.21. The number of halogens is 1. The zero-order valence-corrected chi connectivity index (χ0v) is 18.4. The van der Waals surface area contributed by atoms with Crippen LogP contribution in [0.4, 0.5) is 5.69 Å². The molecule has 0 fully saturated rings. The Bertz CT molecular complexity index is 1220. The number of amides is 1. The number of carbonyl (C=O) groups excluding carboxylic acids is 2. The zero-order valence-electron chi connectivity index (χ0n) is 17.7. The molecule has 0 bridgehead atoms. The summed E-state index contributed by atoms with van der Waals surface area (Å²) in [5, 5.41) is 3.35. The first kappa shape index (κ1) is 22.3. The van der Waals surface area contributed by atoms with Crippen molar-refractivity contribution in [3.63, 3.8) is 0 Å². The van der Waals surface area contributed by atoms with Crippen molar-refractivity contribution in [1.29, 1.82) is 0 Å². The largest absolute Gasteiger partial charge is 0.441 e. The van der Waals surface area contributed by atoms with Crippen molar-refractivity contribution < 1.29 is 18.7 Å². The van der Waals surface area contributed by atoms with E-state index in [-0.39, 0.29) is 18.3 Å². The number of anilines is 1. The first-order valence-electron chi connectivity index (χ1n) is 10.4. The molecule has 0 unspecified atom stereocenters. The van der Waals surface area contributed by atoms with E-state index >= 15 is 0 Å². The molecule has 0 saturated heterocycles. The van der Waals surface area contributed by atoms with E-state index in [9.17, 15) is 9.59 Å². The van der Waals surface area contributed by atoms with Gasteiger partial charge in [-0.05, 0) is 55.0 Å². The van der Waals surface area contributed by atoms with Gasteiger partial charge in [-0.3, -0.25) is 9.59 Å². The molecule has 1 amide bonds. The average Bonchev–Trinajstić information content (AvgIpc) is 3.30. The van der Waals surface area contributed by atoms with E-state index in [0.717, 1.165) is 5.56 Å². The number of hydrogen-bond acceptors (Lipinski definition) is 5. The lowest BCUT2D eigenvalue weighted by Gasteiger charge is -2.07. The summed E-state index contributed by atoms with van der Waals surface area (Å²) >= 11 is 5.84. The third kappa shape index (κ3) is 6.30. The topological polar surface area (TPSA) is 81.4 Å². The van der Waals surface area contributed by atoms with Crippen molar-refractivity contribution in [3.05, 3.63) is 102 Å². The summed E-state index contributed by atoms with van der Waals surface area (Å²) in [7, 11) is 0. The second kappa shape index (κ2) is 10.6. The van der Waals surface area contributed by atoms with E-state index in [0.29, 0.717) is 46.5 Å². The molecule has 7 heteroatoms. The average molecular weight is 461 g/mol. The van der Waals surface area contributed by atoms with Crippen LogP contribution < -0.4 is 10.1 Å². The van der Waals surface area contributed by atoms with Gasteiger partial charge in [0.25, 0.3) is 5.91 Å². The number of nitrogens with zero attached hydrogens (tertiary/aromatic N) is 1. The first-order valence-corrected chi connectivity index (χ1v) is 10.8. The summed E-state index contributed by atoms with van der Waals surface area (Å²) in [6.45, 7) is 0. The van der Waals surface area contributed by atoms with Gasteiger partial charge in [0.1, 0.15) is 5.75 Å². The molecule has 0 radical (unpaired) electrons. The van der Waals surface area contributed by atoms with Crippen LogP contribution in [0.25, 0.3) is 11.3 Å². The molecule has 0 aliphatic rings. The van der Waals surface area contributed by atoms with Crippen LogP contribution in [0.1, 0.15) is 29.1 Å². The van der Waals surface area contributed by atoms with Gasteiger partial charge in [0.2, 0.25) is 0 Å². The number of esters is 1. The number of hydrogen-bond donors (Lipinski definition) is 1. The van der Waals surface area contributed by atoms with Gasteiger partial charge in [0.05, 0.1) is 6.20 Å². The maximum atomic E-state index is 12.3. The second-order valence-electron chi connectivity index (χ2n) is 7.30. The third-order valence-corrected chi connectivity index (χ3v) is 5.09. The van der Waals surface area contributed by atoms with E-state index in [1.165, 1.54) is 0 Å². The highest BCUT2D eigenvalue weighted by molar-refractivity contribution is 6.30. The minimum Gasteiger partial charge on any atom is -0.441 e. The fourth-order valence-corrected chi connectivity index (χ4v) is 3.26. The molecule has 1 N–H and O–H groups in total. The van der Waals surface area contributed by atoms with Crippen molar-refractivity contribution in [2.24, 2.45) is 0 Å². The van der Waals surface area contributed by atoms with E-state index in [1.807, 2.05) is 30.3 Å². The van der Waals surface area contributed by atoms with Gasteiger partial charge in [-0.2, -0.15) is 0 Å². The fraction of sp³-hybridized carbons (Fsp3) is 0.115. The summed E-state index contributed by atoms with van der Waals surface area (Å²) in [5.74, 6) is 1.10. The van der Waals surface area contributed by atoms with Crippen LogP contribution in [0.5, 0.6) is 5.75 Å². The molecule has 6 nitrogen and oxygen atoms in total. The minimum absolute atomic E-state index is 0.234. The molecular weight excluding hydrogens is 440 g/mol. The number of rotatable bonds is 8. The second-order valence-corrected chi connectivity index (χ2v) is 7.73. The Morgan fingerprint density at radius 3 is 2.39 bits per heavy atom. The molecule has 166 valence electrons. The molecule has 1 heterocycles. The molecule has 4 aromatic rings. The number of oxazole rings is 1. The first-order chi connectivity index (χ1) is 16.1. The lowest BCUT2D eigenvalue weighted by molar-refractivity contribution is -0.134. The van der Waals surface area contributed by atoms with Crippen LogP contribution in [0.15, 0.2) is 89.5 Å². The highest BCUT2D eigenvalue weighted by Gasteiger charge is 2.10. The Kier molecular flexibility index (Phi) is 7.17. The number of ether oxygens (including phenoxy) is 1. The quantitative estimate of drug-likeness (QED) is 0.251. The standard InChI is InChI=1S/C26H21ClN2O4/c27-20-11-9-19(10-12-20)26(31)29-21-13-15-22(16-14-21)32-25(30)8-4-7-24-28-17-23(33-24)18-5-2-1-3-6-18/h1-3,5-6,9-17H,4,7-8H2,(H,29,31). The summed E-state index contributed by atoms with van der Waals surface area (Å²) < 4.78 is 11.1. The van der Waals surface area contributed by atoms with Gasteiger partial charge in [-0.1, -0.05) is 41.9 Å². The molecule has 33 heavy (non-hydrogen) atoms. The number of benzene rings is 3. The Morgan fingerprint density at radius 1 is 0.939 bits per heavy atom. The Morgan fingerprint density at radius 2 is 1.67 bits per heavy atom. The van der Waals surface area contributed by atoms with E-state index in [4.69, 9.17) is 20.8 Å². The molecule has 0 aliphatic heterocycles. The van der Waals surface area contributed by atoms with Gasteiger partial charge >= 0.3 is 5.97 Å². The maximum Gasteiger partial charge on any atom is 0.311 e. The third-order valence-electron chi connectivity index (χ3n) is 4.83. The van der Waals surface area contributed by atoms with Gasteiger partial charge in [-0.25, -0.2) is 4.98 Å². The molecular formula is C26H21ClN2O4. The maximum absolute atomic E-state index is 12.3. The lowest BCUT2D eigenvalue weighted by Crippen LogP contribution is -2.12. The SMILES string of the molecule is O=C(CCCc1ncc(-c2ccccc2)o1)Oc1ccc(NC(=O)c2ccc(Cl)cc2)cc1. The number of nitrogens with one attached hydrogen (secondary N) is 1. The Balaban J connectivity index is 1.22. The van der Waals surface area contributed by atoms with Crippen molar-refractivity contribution in [2.45, 2.75) is 19.3 Å². The Hall–Kier alpha value is -3.90. The monoisotopic (exact) mass is 460 g/mol. The minimum atomic E-state index is -0.345. The van der Waals surface area contributed by atoms with Crippen molar-refractivity contribution in [3.8, 4) is 17.1 Å². The summed E-state index contributed by atoms with van der Waals surface area (Å²) in [4.78, 5) is 28.7. The molecule has 3 aromatic carbocycles. The van der Waals surface area contributed by atoms with Crippen LogP contribution in [0.2, 0.25) is 5.02 Å². The molecule has 4 rings (SSSR count). The van der Waals surface area contributed by atoms with E-state index in [1.54, 1.807) is 54.7 Å². The lowest BCUT2D eigenvalue weighted by atomic mass is 10.2. The van der Waals surface area contributed by atoms with Gasteiger partial charge < -0.3 is 14.5 Å². The summed E-state index contributed by atoms with van der Waals surface area (Å²) in [6, 6.07) is 23.0. The normalized spacial score (nSPS) is 10.6. The highest BCUT2D eigenvalue weighted by atomic mass is 35.5. The number of aromatic nitrogens is 1. The predicted molar refractivity (Wildman–Crippen MR) is 126 cm³/mol. The Labute approximate surface area is 196 Å². The molecule has 0 atom stereocenters. The van der Waals surface area contributed by atoms with Crippen molar-refractivity contribution in [2.75, 3.05) is 5.32 Å². The smallest absolute Gasteiger partial charge is 0.311 e. The van der Waals surface area contributed by atoms with Crippen LogP contribution in [0.3, 0.4) is 0 Å². The molecule has 0 saturated carbocycles. The van der Waals surface area contributed by atoms with Crippen molar-refractivity contribution >= 4 is 29.2 Å². The summed E-state index contributed by atoms with van der Waals surface area (Å²) in [5.41, 5.74) is 2.05. The van der Waals surface area contributed by atoms with E-state index < -0.39 is 0 Å². The van der Waals surface area contributed by atoms with E-state index in [2.05, 4.69) is 10.3 Å². The summed E-state index contributed by atoms with van der Waals surface area (Å²) in [6.07, 6.45) is 3.02. The fourth-order valence-electron chi connectivity index (χ4n) is 3.14. The zero-order chi connectivity index (χ0) is 23.0. The van der Waals surface area contributed by atoms with Crippen LogP contribution in [0, 0.1) is 0 Å². The number of carbonyl (C=O) groups is 2. The van der Waals surface area contributed by atoms with Gasteiger partial charge in [0.15, 0.2) is 11.7 Å². The molecule has 0 spiro atoms. The molecule has 0 aliphatic carbocycles. The molecule has 1 aromatic heterocycles. The van der Waals surface area contributed by atoms with Crippen LogP contribution in [-0.4, -0.2) is 16.9 Å². The van der Waals surface area contributed by atoms with Gasteiger partial charge in [-0.15, -0.1) is 0 Å². The van der Waals surface area contributed by atoms with Gasteiger partial charge in [0, 0.05) is 34.7 Å². The van der Waals surface area contributed by atoms with Crippen LogP contribution >= 0.6 is 11.6 Å². The van der Waals surface area contributed by atoms with Crippen molar-refractivity contribution in [1.82, 2.24) is 4.98 Å².